The molecule has 2 aliphatic carbocycles. The number of ether oxygens (including phenoxy) is 1. The second-order valence-electron chi connectivity index (χ2n) is 5.47. The van der Waals surface area contributed by atoms with E-state index in [1.807, 2.05) is 0 Å². The van der Waals surface area contributed by atoms with E-state index in [0.717, 1.165) is 12.3 Å². The standard InChI is InChI=1S/C15H21NO/c1-17-13-7-6-11-4-2-3-5-12(11)14(13)15(10-16)8-9-15/h6-7H,2-5,8-10,16H2,1H3. The molecule has 0 atom stereocenters. The Bertz CT molecular complexity index is 435. The number of hydrogen-bond acceptors (Lipinski definition) is 2. The van der Waals surface area contributed by atoms with Gasteiger partial charge in [-0.3, -0.25) is 0 Å². The van der Waals surface area contributed by atoms with Crippen molar-refractivity contribution < 1.29 is 4.74 Å². The van der Waals surface area contributed by atoms with Crippen molar-refractivity contribution in [2.24, 2.45) is 5.73 Å². The van der Waals surface area contributed by atoms with Crippen LogP contribution < -0.4 is 10.5 Å². The Morgan fingerprint density at radius 2 is 2.00 bits per heavy atom. The van der Waals surface area contributed by atoms with Crippen LogP contribution in [-0.2, 0) is 18.3 Å². The molecular weight excluding hydrogens is 210 g/mol. The van der Waals surface area contributed by atoms with E-state index in [0.29, 0.717) is 0 Å². The quantitative estimate of drug-likeness (QED) is 0.867. The molecule has 0 saturated heterocycles. The Labute approximate surface area is 103 Å². The van der Waals surface area contributed by atoms with E-state index in [2.05, 4.69) is 12.1 Å². The molecule has 0 aromatic heterocycles. The van der Waals surface area contributed by atoms with E-state index >= 15 is 0 Å². The SMILES string of the molecule is COc1ccc2c(c1C1(CN)CC1)CCCC2. The lowest BCUT2D eigenvalue weighted by Gasteiger charge is -2.26. The number of benzene rings is 1. The fourth-order valence-electron chi connectivity index (χ4n) is 3.27. The third-order valence-electron chi connectivity index (χ3n) is 4.49. The van der Waals surface area contributed by atoms with Crippen molar-refractivity contribution in [2.45, 2.75) is 43.9 Å². The molecule has 0 amide bonds. The van der Waals surface area contributed by atoms with Crippen LogP contribution >= 0.6 is 0 Å². The van der Waals surface area contributed by atoms with Crippen molar-refractivity contribution >= 4 is 0 Å². The van der Waals surface area contributed by atoms with Crippen LogP contribution in [0.1, 0.15) is 42.4 Å². The molecule has 0 bridgehead atoms. The highest BCUT2D eigenvalue weighted by atomic mass is 16.5. The number of methoxy groups -OCH3 is 1. The highest BCUT2D eigenvalue weighted by Crippen LogP contribution is 2.53. The molecule has 3 rings (SSSR count). The third kappa shape index (κ3) is 1.66. The molecule has 2 N–H and O–H groups in total. The minimum Gasteiger partial charge on any atom is -0.496 e. The van der Waals surface area contributed by atoms with Gasteiger partial charge in [-0.2, -0.15) is 0 Å². The van der Waals surface area contributed by atoms with Gasteiger partial charge in [0, 0.05) is 17.5 Å². The zero-order valence-electron chi connectivity index (χ0n) is 10.6. The molecule has 0 aliphatic heterocycles. The van der Waals surface area contributed by atoms with E-state index in [1.165, 1.54) is 49.7 Å². The summed E-state index contributed by atoms with van der Waals surface area (Å²) in [7, 11) is 1.78. The fraction of sp³-hybridized carbons (Fsp3) is 0.600. The molecule has 1 aromatic carbocycles. The lowest BCUT2D eigenvalue weighted by Crippen LogP contribution is -2.23. The number of aryl methyl sites for hydroxylation is 1. The van der Waals surface area contributed by atoms with Crippen molar-refractivity contribution in [1.82, 2.24) is 0 Å². The van der Waals surface area contributed by atoms with Gasteiger partial charge in [0.2, 0.25) is 0 Å². The van der Waals surface area contributed by atoms with Crippen LogP contribution in [0.15, 0.2) is 12.1 Å². The first-order valence-corrected chi connectivity index (χ1v) is 6.70. The summed E-state index contributed by atoms with van der Waals surface area (Å²) in [5, 5.41) is 0. The van der Waals surface area contributed by atoms with Gasteiger partial charge in [-0.1, -0.05) is 6.07 Å². The number of fused-ring (bicyclic) bond motifs is 1. The maximum atomic E-state index is 6.00. The lowest BCUT2D eigenvalue weighted by molar-refractivity contribution is 0.402. The minimum atomic E-state index is 0.244. The smallest absolute Gasteiger partial charge is 0.122 e. The van der Waals surface area contributed by atoms with Crippen molar-refractivity contribution in [3.8, 4) is 5.75 Å². The largest absolute Gasteiger partial charge is 0.496 e. The van der Waals surface area contributed by atoms with E-state index in [1.54, 1.807) is 12.7 Å². The van der Waals surface area contributed by atoms with Crippen LogP contribution in [0.5, 0.6) is 5.75 Å². The minimum absolute atomic E-state index is 0.244. The van der Waals surface area contributed by atoms with Crippen LogP contribution in [0.25, 0.3) is 0 Å². The predicted molar refractivity (Wildman–Crippen MR) is 69.6 cm³/mol. The summed E-state index contributed by atoms with van der Waals surface area (Å²) in [6, 6.07) is 4.40. The van der Waals surface area contributed by atoms with E-state index in [9.17, 15) is 0 Å². The highest BCUT2D eigenvalue weighted by Gasteiger charge is 2.46. The van der Waals surface area contributed by atoms with Crippen LogP contribution in [0.3, 0.4) is 0 Å². The van der Waals surface area contributed by atoms with Gasteiger partial charge in [-0.05, 0) is 55.7 Å². The van der Waals surface area contributed by atoms with Crippen LogP contribution in [0, 0.1) is 0 Å². The van der Waals surface area contributed by atoms with Crippen molar-refractivity contribution in [3.63, 3.8) is 0 Å². The number of nitrogens with two attached hydrogens (primary N) is 1. The molecule has 1 fully saturated rings. The second kappa shape index (κ2) is 4.02. The van der Waals surface area contributed by atoms with Crippen LogP contribution in [0.2, 0.25) is 0 Å². The molecule has 0 heterocycles. The Kier molecular flexibility index (Phi) is 2.62. The lowest BCUT2D eigenvalue weighted by atomic mass is 9.81. The van der Waals surface area contributed by atoms with Crippen LogP contribution in [0.4, 0.5) is 0 Å². The molecule has 1 saturated carbocycles. The van der Waals surface area contributed by atoms with E-state index in [4.69, 9.17) is 10.5 Å². The molecule has 92 valence electrons. The third-order valence-corrected chi connectivity index (χ3v) is 4.49. The van der Waals surface area contributed by atoms with E-state index < -0.39 is 0 Å². The van der Waals surface area contributed by atoms with Gasteiger partial charge in [0.05, 0.1) is 7.11 Å². The van der Waals surface area contributed by atoms with Gasteiger partial charge in [-0.15, -0.1) is 0 Å². The van der Waals surface area contributed by atoms with Gasteiger partial charge < -0.3 is 10.5 Å². The van der Waals surface area contributed by atoms with E-state index in [-0.39, 0.29) is 5.41 Å². The summed E-state index contributed by atoms with van der Waals surface area (Å²) in [6.07, 6.45) is 7.55. The molecule has 17 heavy (non-hydrogen) atoms. The first kappa shape index (κ1) is 11.1. The normalized spacial score (nSPS) is 20.8. The summed E-state index contributed by atoms with van der Waals surface area (Å²) in [5.41, 5.74) is 10.8. The zero-order chi connectivity index (χ0) is 11.9. The second-order valence-corrected chi connectivity index (χ2v) is 5.47. The molecular formula is C15H21NO. The molecule has 2 heteroatoms. The first-order chi connectivity index (χ1) is 8.30. The highest BCUT2D eigenvalue weighted by molar-refractivity contribution is 5.53. The summed E-state index contributed by atoms with van der Waals surface area (Å²) in [6.45, 7) is 0.764. The Hall–Kier alpha value is -1.02. The zero-order valence-corrected chi connectivity index (χ0v) is 10.6. The average Bonchev–Trinajstić information content (AvgIpc) is 3.18. The van der Waals surface area contributed by atoms with Gasteiger partial charge in [0.15, 0.2) is 0 Å². The average molecular weight is 231 g/mol. The predicted octanol–water partition coefficient (Wildman–Crippen LogP) is 2.56. The summed E-state index contributed by atoms with van der Waals surface area (Å²) in [5.74, 6) is 1.06. The molecule has 0 radical (unpaired) electrons. The Morgan fingerprint density at radius 3 is 2.65 bits per heavy atom. The molecule has 0 spiro atoms. The maximum absolute atomic E-state index is 6.00. The molecule has 2 aliphatic rings. The molecule has 1 aromatic rings. The monoisotopic (exact) mass is 231 g/mol. The molecule has 0 unspecified atom stereocenters. The van der Waals surface area contributed by atoms with Crippen molar-refractivity contribution in [2.75, 3.05) is 13.7 Å². The summed E-state index contributed by atoms with van der Waals surface area (Å²) < 4.78 is 5.58. The van der Waals surface area contributed by atoms with Gasteiger partial charge in [0.25, 0.3) is 0 Å². The molecule has 2 nitrogen and oxygen atoms in total. The van der Waals surface area contributed by atoms with Gasteiger partial charge in [-0.25, -0.2) is 0 Å². The number of hydrogen-bond donors (Lipinski definition) is 1. The Balaban J connectivity index is 2.15. The fourth-order valence-corrected chi connectivity index (χ4v) is 3.27. The number of rotatable bonds is 3. The Morgan fingerprint density at radius 1 is 1.24 bits per heavy atom. The maximum Gasteiger partial charge on any atom is 0.122 e. The van der Waals surface area contributed by atoms with Crippen molar-refractivity contribution in [3.05, 3.63) is 28.8 Å². The van der Waals surface area contributed by atoms with Crippen LogP contribution in [-0.4, -0.2) is 13.7 Å². The summed E-state index contributed by atoms with van der Waals surface area (Å²) >= 11 is 0. The van der Waals surface area contributed by atoms with Gasteiger partial charge >= 0.3 is 0 Å². The van der Waals surface area contributed by atoms with Gasteiger partial charge in [0.1, 0.15) is 5.75 Å². The first-order valence-electron chi connectivity index (χ1n) is 6.70. The van der Waals surface area contributed by atoms with Crippen molar-refractivity contribution in [1.29, 1.82) is 0 Å². The topological polar surface area (TPSA) is 35.2 Å². The summed E-state index contributed by atoms with van der Waals surface area (Å²) in [4.78, 5) is 0.